The second-order valence-electron chi connectivity index (χ2n) is 8.64. The molecule has 0 radical (unpaired) electrons. The van der Waals surface area contributed by atoms with Crippen LogP contribution in [0.5, 0.6) is 11.5 Å². The van der Waals surface area contributed by atoms with E-state index in [1.54, 1.807) is 0 Å². The number of amides is 1. The van der Waals surface area contributed by atoms with Crippen LogP contribution in [0.4, 0.5) is 11.4 Å². The van der Waals surface area contributed by atoms with E-state index in [0.29, 0.717) is 12.5 Å². The Hall–Kier alpha value is -2.53. The zero-order valence-electron chi connectivity index (χ0n) is 17.7. The fourth-order valence-electron chi connectivity index (χ4n) is 4.92. The molecule has 5 heteroatoms. The first-order valence-electron chi connectivity index (χ1n) is 11.3. The predicted molar refractivity (Wildman–Crippen MR) is 118 cm³/mol. The second kappa shape index (κ2) is 8.31. The van der Waals surface area contributed by atoms with Crippen molar-refractivity contribution < 1.29 is 14.3 Å². The van der Waals surface area contributed by atoms with Crippen LogP contribution in [0.15, 0.2) is 36.4 Å². The molecule has 5 rings (SSSR count). The van der Waals surface area contributed by atoms with Gasteiger partial charge in [0.1, 0.15) is 11.5 Å². The normalized spacial score (nSPS) is 20.8. The summed E-state index contributed by atoms with van der Waals surface area (Å²) >= 11 is 0. The Bertz CT molecular complexity index is 942. The fraction of sp³-hybridized carbons (Fsp3) is 0.480. The van der Waals surface area contributed by atoms with Gasteiger partial charge in [0.15, 0.2) is 0 Å². The maximum atomic E-state index is 12.8. The molecule has 0 spiro atoms. The Labute approximate surface area is 178 Å². The van der Waals surface area contributed by atoms with E-state index in [1.807, 2.05) is 29.2 Å². The number of nitrogens with zero attached hydrogens (tertiary/aromatic N) is 2. The number of carbonyl (C=O) groups excluding carboxylic acids is 1. The highest BCUT2D eigenvalue weighted by molar-refractivity contribution is 6.03. The third-order valence-electron chi connectivity index (χ3n) is 6.64. The smallest absolute Gasteiger partial charge is 0.231 e. The van der Waals surface area contributed by atoms with Crippen LogP contribution in [0.2, 0.25) is 0 Å². The minimum Gasteiger partial charge on any atom is -0.494 e. The lowest BCUT2D eigenvalue weighted by Crippen LogP contribution is -2.30. The summed E-state index contributed by atoms with van der Waals surface area (Å²) < 4.78 is 11.8. The van der Waals surface area contributed by atoms with Crippen LogP contribution in [-0.2, 0) is 17.6 Å². The highest BCUT2D eigenvalue weighted by Crippen LogP contribution is 2.39. The largest absolute Gasteiger partial charge is 0.494 e. The molecule has 158 valence electrons. The molecule has 0 bridgehead atoms. The van der Waals surface area contributed by atoms with E-state index in [-0.39, 0.29) is 5.91 Å². The number of hydrogen-bond acceptors (Lipinski definition) is 4. The van der Waals surface area contributed by atoms with Crippen LogP contribution >= 0.6 is 0 Å². The molecule has 0 aromatic heterocycles. The topological polar surface area (TPSA) is 42.0 Å². The van der Waals surface area contributed by atoms with E-state index < -0.39 is 0 Å². The SMILES string of the molecule is C[C@@H]1CCCN1CCCOc1ccc2c(c1)CCC(=O)N2c1ccc2c(c1)OCC2. The molecule has 1 fully saturated rings. The number of fused-ring (bicyclic) bond motifs is 2. The maximum absolute atomic E-state index is 12.8. The first-order chi connectivity index (χ1) is 14.7. The van der Waals surface area contributed by atoms with Gasteiger partial charge in [0, 0.05) is 31.5 Å². The van der Waals surface area contributed by atoms with Gasteiger partial charge in [-0.1, -0.05) is 6.07 Å². The lowest BCUT2D eigenvalue weighted by Gasteiger charge is -2.30. The standard InChI is InChI=1S/C25H30N2O3/c1-18-4-2-12-26(18)13-3-14-29-22-8-9-23-20(16-22)6-10-25(28)27(23)21-7-5-19-11-15-30-24(19)17-21/h5,7-9,16-18H,2-4,6,10-15H2,1H3/t18-/m1/s1. The van der Waals surface area contributed by atoms with Gasteiger partial charge in [-0.05, 0) is 74.5 Å². The number of aryl methyl sites for hydroxylation is 1. The van der Waals surface area contributed by atoms with Crippen molar-refractivity contribution in [1.29, 1.82) is 0 Å². The lowest BCUT2D eigenvalue weighted by atomic mass is 9.99. The minimum atomic E-state index is 0.133. The summed E-state index contributed by atoms with van der Waals surface area (Å²) in [5.74, 6) is 1.93. The molecular weight excluding hydrogens is 376 g/mol. The quantitative estimate of drug-likeness (QED) is 0.663. The Morgan fingerprint density at radius 3 is 2.90 bits per heavy atom. The molecule has 0 aliphatic carbocycles. The van der Waals surface area contributed by atoms with Gasteiger partial charge in [0.05, 0.1) is 24.6 Å². The van der Waals surface area contributed by atoms with Crippen LogP contribution in [0.25, 0.3) is 0 Å². The molecule has 0 unspecified atom stereocenters. The van der Waals surface area contributed by atoms with Gasteiger partial charge in [-0.2, -0.15) is 0 Å². The fourth-order valence-corrected chi connectivity index (χ4v) is 4.92. The van der Waals surface area contributed by atoms with Crippen LogP contribution in [0.3, 0.4) is 0 Å². The monoisotopic (exact) mass is 406 g/mol. The molecule has 0 saturated carbocycles. The summed E-state index contributed by atoms with van der Waals surface area (Å²) in [6, 6.07) is 12.9. The molecule has 5 nitrogen and oxygen atoms in total. The van der Waals surface area contributed by atoms with Gasteiger partial charge < -0.3 is 14.4 Å². The summed E-state index contributed by atoms with van der Waals surface area (Å²) in [5.41, 5.74) is 4.23. The predicted octanol–water partition coefficient (Wildman–Crippen LogP) is 4.49. The van der Waals surface area contributed by atoms with E-state index in [1.165, 1.54) is 30.5 Å². The van der Waals surface area contributed by atoms with E-state index in [2.05, 4.69) is 24.0 Å². The first kappa shape index (κ1) is 19.4. The number of ether oxygens (including phenoxy) is 2. The molecule has 1 amide bonds. The van der Waals surface area contributed by atoms with Crippen LogP contribution < -0.4 is 14.4 Å². The number of carbonyl (C=O) groups is 1. The van der Waals surface area contributed by atoms with Gasteiger partial charge >= 0.3 is 0 Å². The van der Waals surface area contributed by atoms with E-state index in [0.717, 1.165) is 61.9 Å². The van der Waals surface area contributed by atoms with Crippen molar-refractivity contribution in [2.75, 3.05) is 31.2 Å². The van der Waals surface area contributed by atoms with Crippen molar-refractivity contribution in [3.8, 4) is 11.5 Å². The highest BCUT2D eigenvalue weighted by atomic mass is 16.5. The molecule has 2 aromatic rings. The van der Waals surface area contributed by atoms with E-state index >= 15 is 0 Å². The molecule has 30 heavy (non-hydrogen) atoms. The zero-order valence-corrected chi connectivity index (χ0v) is 17.7. The van der Waals surface area contributed by atoms with E-state index in [4.69, 9.17) is 9.47 Å². The number of anilines is 2. The van der Waals surface area contributed by atoms with Crippen LogP contribution in [-0.4, -0.2) is 43.2 Å². The van der Waals surface area contributed by atoms with Gasteiger partial charge in [-0.25, -0.2) is 0 Å². The Kier molecular flexibility index (Phi) is 5.38. The molecular formula is C25H30N2O3. The molecule has 3 aliphatic rings. The van der Waals surface area contributed by atoms with Crippen LogP contribution in [0, 0.1) is 0 Å². The maximum Gasteiger partial charge on any atom is 0.231 e. The van der Waals surface area contributed by atoms with Crippen molar-refractivity contribution in [1.82, 2.24) is 4.90 Å². The molecule has 3 heterocycles. The highest BCUT2D eigenvalue weighted by Gasteiger charge is 2.27. The second-order valence-corrected chi connectivity index (χ2v) is 8.64. The zero-order chi connectivity index (χ0) is 20.5. The van der Waals surface area contributed by atoms with Gasteiger partial charge in [-0.3, -0.25) is 9.69 Å². The summed E-state index contributed by atoms with van der Waals surface area (Å²) in [4.78, 5) is 17.1. The molecule has 1 atom stereocenters. The Balaban J connectivity index is 1.27. The van der Waals surface area contributed by atoms with Gasteiger partial charge in [0.25, 0.3) is 0 Å². The number of rotatable bonds is 6. The van der Waals surface area contributed by atoms with Crippen molar-refractivity contribution >= 4 is 17.3 Å². The Morgan fingerprint density at radius 2 is 2.03 bits per heavy atom. The minimum absolute atomic E-state index is 0.133. The average Bonchev–Trinajstić information content (AvgIpc) is 3.39. The number of benzene rings is 2. The summed E-state index contributed by atoms with van der Waals surface area (Å²) in [6.07, 6.45) is 5.89. The van der Waals surface area contributed by atoms with E-state index in [9.17, 15) is 4.79 Å². The van der Waals surface area contributed by atoms with Crippen molar-refractivity contribution in [2.24, 2.45) is 0 Å². The number of likely N-dealkylation sites (tertiary alicyclic amines) is 1. The third-order valence-corrected chi connectivity index (χ3v) is 6.64. The summed E-state index contributed by atoms with van der Waals surface area (Å²) in [6.45, 7) is 6.09. The van der Waals surface area contributed by atoms with Crippen LogP contribution in [0.1, 0.15) is 43.7 Å². The van der Waals surface area contributed by atoms with Gasteiger partial charge in [0.2, 0.25) is 5.91 Å². The summed E-state index contributed by atoms with van der Waals surface area (Å²) in [5, 5.41) is 0. The van der Waals surface area contributed by atoms with Crippen molar-refractivity contribution in [3.05, 3.63) is 47.5 Å². The average molecular weight is 407 g/mol. The third kappa shape index (κ3) is 3.79. The van der Waals surface area contributed by atoms with Crippen molar-refractivity contribution in [2.45, 2.75) is 51.5 Å². The lowest BCUT2D eigenvalue weighted by molar-refractivity contribution is -0.118. The van der Waals surface area contributed by atoms with Gasteiger partial charge in [-0.15, -0.1) is 0 Å². The summed E-state index contributed by atoms with van der Waals surface area (Å²) in [7, 11) is 0. The molecule has 2 aromatic carbocycles. The Morgan fingerprint density at radius 1 is 1.10 bits per heavy atom. The molecule has 0 N–H and O–H groups in total. The molecule has 1 saturated heterocycles. The molecule has 3 aliphatic heterocycles. The number of hydrogen-bond donors (Lipinski definition) is 0. The first-order valence-corrected chi connectivity index (χ1v) is 11.3. The van der Waals surface area contributed by atoms with Crippen molar-refractivity contribution in [3.63, 3.8) is 0 Å².